The standard InChI is InChI=1S/C8H12O4/c1-2-5(7(9)10)6-3-4-12-8(6)11/h5-6H,2-4H2,1H3,(H,9,10)/p-1. The summed E-state index contributed by atoms with van der Waals surface area (Å²) < 4.78 is 4.67. The zero-order valence-corrected chi connectivity index (χ0v) is 6.91. The molecule has 0 aromatic carbocycles. The first-order valence-electron chi connectivity index (χ1n) is 4.04. The molecule has 0 aromatic rings. The highest BCUT2D eigenvalue weighted by Crippen LogP contribution is 2.25. The quantitative estimate of drug-likeness (QED) is 0.528. The van der Waals surface area contributed by atoms with Crippen LogP contribution in [0.4, 0.5) is 0 Å². The number of rotatable bonds is 3. The molecular weight excluding hydrogens is 160 g/mol. The Morgan fingerprint density at radius 3 is 2.83 bits per heavy atom. The lowest BCUT2D eigenvalue weighted by Gasteiger charge is -2.19. The van der Waals surface area contributed by atoms with E-state index < -0.39 is 23.8 Å². The van der Waals surface area contributed by atoms with Gasteiger partial charge in [-0.1, -0.05) is 6.92 Å². The van der Waals surface area contributed by atoms with Crippen LogP contribution in [0.2, 0.25) is 0 Å². The minimum absolute atomic E-state index is 0.341. The Morgan fingerprint density at radius 1 is 1.83 bits per heavy atom. The third kappa shape index (κ3) is 1.57. The molecule has 0 radical (unpaired) electrons. The van der Waals surface area contributed by atoms with Crippen molar-refractivity contribution in [1.29, 1.82) is 0 Å². The van der Waals surface area contributed by atoms with Gasteiger partial charge in [0.2, 0.25) is 0 Å². The highest BCUT2D eigenvalue weighted by molar-refractivity contribution is 5.81. The topological polar surface area (TPSA) is 66.4 Å². The predicted molar refractivity (Wildman–Crippen MR) is 37.9 cm³/mol. The van der Waals surface area contributed by atoms with E-state index in [1.54, 1.807) is 6.92 Å². The van der Waals surface area contributed by atoms with Gasteiger partial charge in [0.05, 0.1) is 12.5 Å². The highest BCUT2D eigenvalue weighted by Gasteiger charge is 2.33. The third-order valence-corrected chi connectivity index (χ3v) is 2.20. The van der Waals surface area contributed by atoms with Crippen molar-refractivity contribution in [2.24, 2.45) is 11.8 Å². The first-order valence-corrected chi connectivity index (χ1v) is 4.04. The molecule has 1 heterocycles. The average molecular weight is 171 g/mol. The number of esters is 1. The van der Waals surface area contributed by atoms with Gasteiger partial charge in [-0.2, -0.15) is 0 Å². The number of hydrogen-bond donors (Lipinski definition) is 0. The molecule has 0 aliphatic carbocycles. The fraction of sp³-hybridized carbons (Fsp3) is 0.750. The zero-order valence-electron chi connectivity index (χ0n) is 6.91. The second-order valence-corrected chi connectivity index (χ2v) is 2.90. The zero-order chi connectivity index (χ0) is 9.14. The van der Waals surface area contributed by atoms with Gasteiger partial charge in [0.1, 0.15) is 0 Å². The molecule has 0 bridgehead atoms. The number of carbonyl (C=O) groups excluding carboxylic acids is 2. The van der Waals surface area contributed by atoms with Crippen LogP contribution < -0.4 is 5.11 Å². The second-order valence-electron chi connectivity index (χ2n) is 2.90. The van der Waals surface area contributed by atoms with Crippen molar-refractivity contribution in [2.75, 3.05) is 6.61 Å². The Balaban J connectivity index is 2.65. The monoisotopic (exact) mass is 171 g/mol. The Labute approximate surface area is 70.5 Å². The molecule has 1 rings (SSSR count). The van der Waals surface area contributed by atoms with Crippen molar-refractivity contribution >= 4 is 11.9 Å². The summed E-state index contributed by atoms with van der Waals surface area (Å²) in [6.07, 6.45) is 0.924. The van der Waals surface area contributed by atoms with E-state index in [2.05, 4.69) is 4.74 Å². The van der Waals surface area contributed by atoms with E-state index in [0.717, 1.165) is 0 Å². The van der Waals surface area contributed by atoms with Gasteiger partial charge in [-0.3, -0.25) is 4.79 Å². The molecule has 1 fully saturated rings. The molecule has 1 saturated heterocycles. The maximum atomic E-state index is 11.0. The molecule has 2 atom stereocenters. The number of carbonyl (C=O) groups is 2. The van der Waals surface area contributed by atoms with Crippen molar-refractivity contribution in [2.45, 2.75) is 19.8 Å². The summed E-state index contributed by atoms with van der Waals surface area (Å²) in [4.78, 5) is 21.5. The fourth-order valence-corrected chi connectivity index (χ4v) is 1.49. The van der Waals surface area contributed by atoms with Crippen molar-refractivity contribution in [1.82, 2.24) is 0 Å². The highest BCUT2D eigenvalue weighted by atomic mass is 16.5. The van der Waals surface area contributed by atoms with Crippen LogP contribution in [-0.4, -0.2) is 18.5 Å². The molecule has 0 amide bonds. The molecule has 1 aliphatic rings. The molecule has 0 spiro atoms. The molecule has 4 heteroatoms. The number of carboxylic acids is 1. The van der Waals surface area contributed by atoms with Gasteiger partial charge >= 0.3 is 5.97 Å². The maximum Gasteiger partial charge on any atom is 0.309 e. The van der Waals surface area contributed by atoms with Crippen LogP contribution in [0, 0.1) is 11.8 Å². The van der Waals surface area contributed by atoms with E-state index in [1.165, 1.54) is 0 Å². The average Bonchev–Trinajstić information content (AvgIpc) is 2.38. The van der Waals surface area contributed by atoms with Crippen molar-refractivity contribution in [3.05, 3.63) is 0 Å². The summed E-state index contributed by atoms with van der Waals surface area (Å²) in [6, 6.07) is 0. The van der Waals surface area contributed by atoms with Gasteiger partial charge in [0, 0.05) is 11.9 Å². The lowest BCUT2D eigenvalue weighted by Crippen LogP contribution is -2.37. The normalized spacial score (nSPS) is 25.1. The van der Waals surface area contributed by atoms with Crippen molar-refractivity contribution in [3.8, 4) is 0 Å². The maximum absolute atomic E-state index is 11.0. The van der Waals surface area contributed by atoms with Gasteiger partial charge in [0.15, 0.2) is 0 Å². The van der Waals surface area contributed by atoms with Crippen molar-refractivity contribution < 1.29 is 19.4 Å². The molecule has 0 N–H and O–H groups in total. The van der Waals surface area contributed by atoms with Gasteiger partial charge in [-0.15, -0.1) is 0 Å². The van der Waals surface area contributed by atoms with Gasteiger partial charge < -0.3 is 14.6 Å². The Kier molecular flexibility index (Phi) is 2.68. The summed E-state index contributed by atoms with van der Waals surface area (Å²) in [5.41, 5.74) is 0. The Bertz CT molecular complexity index is 199. The lowest BCUT2D eigenvalue weighted by atomic mass is 9.89. The van der Waals surface area contributed by atoms with Crippen LogP contribution in [0.1, 0.15) is 19.8 Å². The van der Waals surface area contributed by atoms with Gasteiger partial charge in [-0.05, 0) is 12.8 Å². The third-order valence-electron chi connectivity index (χ3n) is 2.20. The smallest absolute Gasteiger partial charge is 0.309 e. The number of hydrogen-bond acceptors (Lipinski definition) is 4. The molecular formula is C8H11O4-. The van der Waals surface area contributed by atoms with E-state index in [1.807, 2.05) is 0 Å². The van der Waals surface area contributed by atoms with Crippen LogP contribution >= 0.6 is 0 Å². The van der Waals surface area contributed by atoms with E-state index in [4.69, 9.17) is 0 Å². The Hall–Kier alpha value is -1.06. The largest absolute Gasteiger partial charge is 0.550 e. The summed E-state index contributed by atoms with van der Waals surface area (Å²) in [5, 5.41) is 10.5. The van der Waals surface area contributed by atoms with Gasteiger partial charge in [-0.25, -0.2) is 0 Å². The SMILES string of the molecule is CCC(C(=O)[O-])C1CCOC1=O. The number of ether oxygens (including phenoxy) is 1. The van der Waals surface area contributed by atoms with E-state index >= 15 is 0 Å². The van der Waals surface area contributed by atoms with E-state index in [-0.39, 0.29) is 0 Å². The number of aliphatic carboxylic acids is 1. The summed E-state index contributed by atoms with van der Waals surface area (Å²) in [6.45, 7) is 2.07. The lowest BCUT2D eigenvalue weighted by molar-refractivity contribution is -0.313. The summed E-state index contributed by atoms with van der Waals surface area (Å²) in [7, 11) is 0. The number of carboxylic acid groups (broad SMARTS) is 1. The van der Waals surface area contributed by atoms with E-state index in [9.17, 15) is 14.7 Å². The van der Waals surface area contributed by atoms with Crippen molar-refractivity contribution in [3.63, 3.8) is 0 Å². The fourth-order valence-electron chi connectivity index (χ4n) is 1.49. The summed E-state index contributed by atoms with van der Waals surface area (Å²) >= 11 is 0. The first-order chi connectivity index (χ1) is 5.66. The molecule has 1 aliphatic heterocycles. The van der Waals surface area contributed by atoms with Crippen LogP contribution in [0.3, 0.4) is 0 Å². The van der Waals surface area contributed by atoms with Crippen LogP contribution in [0.25, 0.3) is 0 Å². The molecule has 2 unspecified atom stereocenters. The molecule has 0 saturated carbocycles. The first kappa shape index (κ1) is 9.03. The minimum Gasteiger partial charge on any atom is -0.550 e. The predicted octanol–water partition coefficient (Wildman–Crippen LogP) is -0.674. The number of cyclic esters (lactones) is 1. The molecule has 68 valence electrons. The van der Waals surface area contributed by atoms with Crippen LogP contribution in [0.15, 0.2) is 0 Å². The Morgan fingerprint density at radius 2 is 2.50 bits per heavy atom. The second kappa shape index (κ2) is 3.56. The molecule has 4 nitrogen and oxygen atoms in total. The minimum atomic E-state index is -1.15. The van der Waals surface area contributed by atoms with Crippen LogP contribution in [-0.2, 0) is 14.3 Å². The molecule has 12 heavy (non-hydrogen) atoms. The van der Waals surface area contributed by atoms with E-state index in [0.29, 0.717) is 19.4 Å². The van der Waals surface area contributed by atoms with Crippen LogP contribution in [0.5, 0.6) is 0 Å². The van der Waals surface area contributed by atoms with Gasteiger partial charge in [0.25, 0.3) is 0 Å². The summed E-state index contributed by atoms with van der Waals surface area (Å²) in [5.74, 6) is -2.72. The molecule has 0 aromatic heterocycles.